The minimum Gasteiger partial charge on any atom is -0.508 e. The first kappa shape index (κ1) is 17.8. The van der Waals surface area contributed by atoms with E-state index in [1.807, 2.05) is 38.0 Å². The highest BCUT2D eigenvalue weighted by Crippen LogP contribution is 2.46. The van der Waals surface area contributed by atoms with E-state index in [1.54, 1.807) is 24.3 Å². The number of carbonyl (C=O) groups is 2. The Bertz CT molecular complexity index is 804. The van der Waals surface area contributed by atoms with Gasteiger partial charge in [-0.3, -0.25) is 9.59 Å². The zero-order chi connectivity index (χ0) is 19.2. The van der Waals surface area contributed by atoms with E-state index in [0.717, 1.165) is 11.4 Å². The van der Waals surface area contributed by atoms with Gasteiger partial charge in [0.05, 0.1) is 0 Å². The summed E-state index contributed by atoms with van der Waals surface area (Å²) in [6.07, 6.45) is 0. The lowest BCUT2D eigenvalue weighted by atomic mass is 9.65. The third kappa shape index (κ3) is 2.77. The number of anilines is 2. The first-order chi connectivity index (χ1) is 12.2. The molecule has 1 aliphatic carbocycles. The maximum Gasteiger partial charge on any atom is 0.162 e. The van der Waals surface area contributed by atoms with E-state index in [9.17, 15) is 19.8 Å². The third-order valence-electron chi connectivity index (χ3n) is 4.82. The number of Topliss-reactive ketones (excluding diaryl/α,β-unsaturated/α-hetero) is 2. The van der Waals surface area contributed by atoms with Gasteiger partial charge in [0.15, 0.2) is 11.6 Å². The quantitative estimate of drug-likeness (QED) is 0.820. The molecule has 6 heteroatoms. The van der Waals surface area contributed by atoms with E-state index < -0.39 is 11.8 Å². The lowest BCUT2D eigenvalue weighted by Crippen LogP contribution is -2.44. The molecule has 3 rings (SSSR count). The largest absolute Gasteiger partial charge is 0.508 e. The summed E-state index contributed by atoms with van der Waals surface area (Å²) in [6, 6.07) is 9.80. The van der Waals surface area contributed by atoms with Crippen molar-refractivity contribution in [3.63, 3.8) is 0 Å². The second-order valence-corrected chi connectivity index (χ2v) is 6.95. The summed E-state index contributed by atoms with van der Waals surface area (Å²) >= 11 is 0. The van der Waals surface area contributed by atoms with Crippen LogP contribution in [0.3, 0.4) is 0 Å². The number of hydrogen-bond donors (Lipinski definition) is 2. The van der Waals surface area contributed by atoms with Crippen molar-refractivity contribution in [1.82, 2.24) is 0 Å². The summed E-state index contributed by atoms with van der Waals surface area (Å²) in [7, 11) is 7.35. The summed E-state index contributed by atoms with van der Waals surface area (Å²) in [5.41, 5.74) is 2.18. The number of aromatic hydroxyl groups is 2. The highest BCUT2D eigenvalue weighted by Gasteiger charge is 2.52. The first-order valence-corrected chi connectivity index (χ1v) is 8.30. The first-order valence-electron chi connectivity index (χ1n) is 8.30. The average Bonchev–Trinajstić information content (AvgIpc) is 2.58. The second-order valence-electron chi connectivity index (χ2n) is 6.95. The molecule has 0 aliphatic heterocycles. The molecule has 2 aromatic carbocycles. The summed E-state index contributed by atoms with van der Waals surface area (Å²) in [5, 5.41) is 20.5. The Labute approximate surface area is 152 Å². The van der Waals surface area contributed by atoms with Crippen molar-refractivity contribution in [2.75, 3.05) is 38.0 Å². The van der Waals surface area contributed by atoms with E-state index >= 15 is 0 Å². The highest BCUT2D eigenvalue weighted by molar-refractivity contribution is 6.31. The molecule has 0 aromatic heterocycles. The van der Waals surface area contributed by atoms with Gasteiger partial charge in [-0.05, 0) is 12.1 Å². The van der Waals surface area contributed by atoms with Crippen LogP contribution in [0.25, 0.3) is 0 Å². The molecule has 26 heavy (non-hydrogen) atoms. The van der Waals surface area contributed by atoms with Gasteiger partial charge in [-0.25, -0.2) is 0 Å². The van der Waals surface area contributed by atoms with Gasteiger partial charge in [-0.2, -0.15) is 0 Å². The van der Waals surface area contributed by atoms with Gasteiger partial charge in [-0.1, -0.05) is 12.1 Å². The standard InChI is InChI=1S/C20H22N2O4/c1-21(2)11-5-7-13(15(23)9-11)17-19(25)18(20(17)26)14-8-6-12(22(3)4)10-16(14)24/h5-10,17-18,23-24H,1-4H3. The molecular weight excluding hydrogens is 332 g/mol. The van der Waals surface area contributed by atoms with E-state index in [4.69, 9.17) is 0 Å². The van der Waals surface area contributed by atoms with Crippen LogP contribution in [-0.2, 0) is 9.59 Å². The maximum absolute atomic E-state index is 12.7. The molecule has 0 amide bonds. The van der Waals surface area contributed by atoms with Gasteiger partial charge in [-0.15, -0.1) is 0 Å². The number of phenols is 2. The van der Waals surface area contributed by atoms with Crippen molar-refractivity contribution < 1.29 is 19.8 Å². The van der Waals surface area contributed by atoms with Gasteiger partial charge < -0.3 is 20.0 Å². The fraction of sp³-hybridized carbons (Fsp3) is 0.300. The number of benzene rings is 2. The van der Waals surface area contributed by atoms with Crippen molar-refractivity contribution in [1.29, 1.82) is 0 Å². The minimum atomic E-state index is -0.982. The van der Waals surface area contributed by atoms with E-state index in [1.165, 1.54) is 12.1 Å². The molecule has 1 fully saturated rings. The molecule has 0 saturated heterocycles. The predicted octanol–water partition coefficient (Wildman–Crippen LogP) is 2.25. The SMILES string of the molecule is CN(C)c1ccc(C2C(=O)C(c3ccc(N(C)C)cc3O)C2=O)c(O)c1. The highest BCUT2D eigenvalue weighted by atomic mass is 16.3. The van der Waals surface area contributed by atoms with Gasteiger partial charge in [0, 0.05) is 62.8 Å². The number of ketones is 2. The molecule has 0 radical (unpaired) electrons. The Morgan fingerprint density at radius 1 is 0.692 bits per heavy atom. The van der Waals surface area contributed by atoms with Crippen molar-refractivity contribution >= 4 is 22.9 Å². The predicted molar refractivity (Wildman–Crippen MR) is 100 cm³/mol. The van der Waals surface area contributed by atoms with Gasteiger partial charge in [0.2, 0.25) is 0 Å². The van der Waals surface area contributed by atoms with Gasteiger partial charge >= 0.3 is 0 Å². The Morgan fingerprint density at radius 2 is 1.04 bits per heavy atom. The summed E-state index contributed by atoms with van der Waals surface area (Å²) in [4.78, 5) is 28.9. The Morgan fingerprint density at radius 3 is 1.31 bits per heavy atom. The molecular formula is C20H22N2O4. The summed E-state index contributed by atoms with van der Waals surface area (Å²) < 4.78 is 0. The minimum absolute atomic E-state index is 0.0754. The summed E-state index contributed by atoms with van der Waals surface area (Å²) in [6.45, 7) is 0. The molecule has 1 saturated carbocycles. The van der Waals surface area contributed by atoms with Crippen LogP contribution in [0.2, 0.25) is 0 Å². The molecule has 1 aliphatic rings. The van der Waals surface area contributed by atoms with Crippen LogP contribution in [-0.4, -0.2) is 50.0 Å². The number of rotatable bonds is 4. The van der Waals surface area contributed by atoms with Crippen LogP contribution in [0, 0.1) is 0 Å². The van der Waals surface area contributed by atoms with E-state index in [2.05, 4.69) is 0 Å². The molecule has 0 atom stereocenters. The van der Waals surface area contributed by atoms with Crippen molar-refractivity contribution in [2.45, 2.75) is 11.8 Å². The van der Waals surface area contributed by atoms with Crippen molar-refractivity contribution in [3.05, 3.63) is 47.5 Å². The molecule has 0 unspecified atom stereocenters. The molecule has 6 nitrogen and oxygen atoms in total. The van der Waals surface area contributed by atoms with Crippen molar-refractivity contribution in [3.8, 4) is 11.5 Å². The average molecular weight is 354 g/mol. The molecule has 0 bridgehead atoms. The monoisotopic (exact) mass is 354 g/mol. The zero-order valence-electron chi connectivity index (χ0n) is 15.2. The van der Waals surface area contributed by atoms with Crippen LogP contribution < -0.4 is 9.80 Å². The lowest BCUT2D eigenvalue weighted by Gasteiger charge is -2.33. The van der Waals surface area contributed by atoms with Crippen LogP contribution >= 0.6 is 0 Å². The Balaban J connectivity index is 1.89. The topological polar surface area (TPSA) is 81.1 Å². The summed E-state index contributed by atoms with van der Waals surface area (Å²) in [5.74, 6) is -2.73. The smallest absolute Gasteiger partial charge is 0.162 e. The molecule has 136 valence electrons. The van der Waals surface area contributed by atoms with Gasteiger partial charge in [0.1, 0.15) is 23.3 Å². The van der Waals surface area contributed by atoms with Crippen LogP contribution in [0.4, 0.5) is 11.4 Å². The van der Waals surface area contributed by atoms with Crippen LogP contribution in [0.5, 0.6) is 11.5 Å². The zero-order valence-corrected chi connectivity index (χ0v) is 15.2. The van der Waals surface area contributed by atoms with Crippen LogP contribution in [0.1, 0.15) is 23.0 Å². The fourth-order valence-electron chi connectivity index (χ4n) is 3.24. The number of carbonyl (C=O) groups excluding carboxylic acids is 2. The van der Waals surface area contributed by atoms with E-state index in [0.29, 0.717) is 11.1 Å². The van der Waals surface area contributed by atoms with E-state index in [-0.39, 0.29) is 23.1 Å². The number of hydrogen-bond acceptors (Lipinski definition) is 6. The Kier molecular flexibility index (Phi) is 4.36. The molecule has 0 heterocycles. The maximum atomic E-state index is 12.7. The molecule has 2 aromatic rings. The molecule has 0 spiro atoms. The fourth-order valence-corrected chi connectivity index (χ4v) is 3.24. The third-order valence-corrected chi connectivity index (χ3v) is 4.82. The Hall–Kier alpha value is -3.02. The second kappa shape index (κ2) is 6.37. The van der Waals surface area contributed by atoms with Gasteiger partial charge in [0.25, 0.3) is 0 Å². The van der Waals surface area contributed by atoms with Crippen molar-refractivity contribution in [2.24, 2.45) is 0 Å². The number of nitrogens with zero attached hydrogens (tertiary/aromatic N) is 2. The number of phenolic OH excluding ortho intramolecular Hbond substituents is 2. The normalized spacial score (nSPS) is 19.2. The van der Waals surface area contributed by atoms with Crippen LogP contribution in [0.15, 0.2) is 36.4 Å². The molecule has 2 N–H and O–H groups in total. The lowest BCUT2D eigenvalue weighted by molar-refractivity contribution is -0.142.